The number of carbonyl (C=O) groups is 1. The van der Waals surface area contributed by atoms with E-state index in [1.54, 1.807) is 0 Å². The van der Waals surface area contributed by atoms with Gasteiger partial charge in [-0.15, -0.1) is 0 Å². The lowest BCUT2D eigenvalue weighted by Gasteiger charge is -2.32. The first-order valence-electron chi connectivity index (χ1n) is 7.08. The Balaban J connectivity index is 2.25. The Hall–Kier alpha value is -0.570. The van der Waals surface area contributed by atoms with Gasteiger partial charge in [-0.05, 0) is 25.2 Å². The second kappa shape index (κ2) is 4.22. The Kier molecular flexibility index (Phi) is 3.25. The first-order valence-corrected chi connectivity index (χ1v) is 7.08. The third kappa shape index (κ3) is 2.18. The van der Waals surface area contributed by atoms with Crippen molar-refractivity contribution in [2.45, 2.75) is 72.0 Å². The molecule has 0 aromatic carbocycles. The maximum Gasteiger partial charge on any atom is 0.312 e. The van der Waals surface area contributed by atoms with Crippen LogP contribution in [-0.4, -0.2) is 24.3 Å². The van der Waals surface area contributed by atoms with Crippen LogP contribution in [0.25, 0.3) is 0 Å². The van der Waals surface area contributed by atoms with E-state index in [9.17, 15) is 4.79 Å². The molecule has 2 fully saturated rings. The molecule has 18 heavy (non-hydrogen) atoms. The molecular formula is C15H26O3. The Labute approximate surface area is 110 Å². The van der Waals surface area contributed by atoms with E-state index in [0.29, 0.717) is 6.61 Å². The highest BCUT2D eigenvalue weighted by molar-refractivity contribution is 5.80. The van der Waals surface area contributed by atoms with Crippen LogP contribution in [0.4, 0.5) is 0 Å². The molecule has 0 aromatic rings. The maximum atomic E-state index is 12.4. The molecule has 2 saturated heterocycles. The van der Waals surface area contributed by atoms with E-state index in [2.05, 4.69) is 27.7 Å². The lowest BCUT2D eigenvalue weighted by Crippen LogP contribution is -2.37. The minimum atomic E-state index is -0.349. The van der Waals surface area contributed by atoms with Gasteiger partial charge in [0, 0.05) is 12.8 Å². The van der Waals surface area contributed by atoms with Crippen molar-refractivity contribution in [3.05, 3.63) is 0 Å². The highest BCUT2D eigenvalue weighted by Crippen LogP contribution is 2.53. The standard InChI is InChI=1S/C15H26O3/c1-6-14(9-13(3,4)5)10-15(18-12(14)16)7-8-17-11(15)2/h11H,6-10H2,1-5H3. The molecule has 2 aliphatic heterocycles. The number of rotatable bonds is 2. The van der Waals surface area contributed by atoms with Gasteiger partial charge in [0.2, 0.25) is 0 Å². The minimum absolute atomic E-state index is 0.00252. The smallest absolute Gasteiger partial charge is 0.312 e. The monoisotopic (exact) mass is 254 g/mol. The molecule has 2 heterocycles. The molecule has 0 radical (unpaired) electrons. The topological polar surface area (TPSA) is 35.5 Å². The molecule has 0 aliphatic carbocycles. The third-order valence-corrected chi connectivity index (χ3v) is 4.55. The molecule has 0 bridgehead atoms. The van der Waals surface area contributed by atoms with Gasteiger partial charge in [0.15, 0.2) is 0 Å². The van der Waals surface area contributed by atoms with E-state index in [0.717, 1.165) is 25.7 Å². The van der Waals surface area contributed by atoms with Crippen LogP contribution in [0.5, 0.6) is 0 Å². The van der Waals surface area contributed by atoms with Gasteiger partial charge >= 0.3 is 5.97 Å². The first kappa shape index (κ1) is 13.9. The molecule has 3 heteroatoms. The number of carbonyl (C=O) groups excluding carboxylic acids is 1. The summed E-state index contributed by atoms with van der Waals surface area (Å²) >= 11 is 0. The molecule has 1 spiro atoms. The first-order chi connectivity index (χ1) is 8.23. The van der Waals surface area contributed by atoms with Gasteiger partial charge in [-0.2, -0.15) is 0 Å². The van der Waals surface area contributed by atoms with Crippen molar-refractivity contribution < 1.29 is 14.3 Å². The molecule has 0 N–H and O–H groups in total. The lowest BCUT2D eigenvalue weighted by molar-refractivity contribution is -0.158. The number of hydrogen-bond donors (Lipinski definition) is 0. The van der Waals surface area contributed by atoms with Gasteiger partial charge in [0.05, 0.1) is 18.1 Å². The quantitative estimate of drug-likeness (QED) is 0.709. The van der Waals surface area contributed by atoms with E-state index in [-0.39, 0.29) is 28.5 Å². The van der Waals surface area contributed by atoms with E-state index in [1.807, 2.05) is 6.92 Å². The van der Waals surface area contributed by atoms with Gasteiger partial charge in [-0.1, -0.05) is 27.7 Å². The average molecular weight is 254 g/mol. The fourth-order valence-electron chi connectivity index (χ4n) is 3.65. The molecular weight excluding hydrogens is 228 g/mol. The van der Waals surface area contributed by atoms with Crippen molar-refractivity contribution in [3.8, 4) is 0 Å². The number of hydrogen-bond acceptors (Lipinski definition) is 3. The summed E-state index contributed by atoms with van der Waals surface area (Å²) in [6.07, 6.45) is 3.47. The van der Waals surface area contributed by atoms with Crippen LogP contribution in [0.15, 0.2) is 0 Å². The summed E-state index contributed by atoms with van der Waals surface area (Å²) in [5, 5.41) is 0. The fourth-order valence-corrected chi connectivity index (χ4v) is 3.65. The molecule has 3 unspecified atom stereocenters. The Morgan fingerprint density at radius 2 is 2.06 bits per heavy atom. The Morgan fingerprint density at radius 1 is 1.39 bits per heavy atom. The van der Waals surface area contributed by atoms with Crippen molar-refractivity contribution in [2.24, 2.45) is 10.8 Å². The summed E-state index contributed by atoms with van der Waals surface area (Å²) in [7, 11) is 0. The highest BCUT2D eigenvalue weighted by atomic mass is 16.6. The number of ether oxygens (including phenoxy) is 2. The zero-order valence-electron chi connectivity index (χ0n) is 12.3. The summed E-state index contributed by atoms with van der Waals surface area (Å²) in [4.78, 5) is 12.4. The fraction of sp³-hybridized carbons (Fsp3) is 0.933. The SMILES string of the molecule is CCC1(CC(C)(C)C)CC2(CCOC2C)OC1=O. The van der Waals surface area contributed by atoms with Crippen LogP contribution in [0, 0.1) is 10.8 Å². The van der Waals surface area contributed by atoms with Crippen molar-refractivity contribution in [1.82, 2.24) is 0 Å². The molecule has 2 rings (SSSR count). The van der Waals surface area contributed by atoms with Crippen molar-refractivity contribution in [2.75, 3.05) is 6.61 Å². The largest absolute Gasteiger partial charge is 0.456 e. The summed E-state index contributed by atoms with van der Waals surface area (Å²) in [6, 6.07) is 0. The molecule has 3 nitrogen and oxygen atoms in total. The van der Waals surface area contributed by atoms with Gasteiger partial charge in [-0.3, -0.25) is 4.79 Å². The molecule has 0 saturated carbocycles. The van der Waals surface area contributed by atoms with Crippen LogP contribution in [-0.2, 0) is 14.3 Å². The second-order valence-electron chi connectivity index (χ2n) is 7.27. The molecule has 2 aliphatic rings. The van der Waals surface area contributed by atoms with E-state index in [1.165, 1.54) is 0 Å². The van der Waals surface area contributed by atoms with Gasteiger partial charge in [-0.25, -0.2) is 0 Å². The van der Waals surface area contributed by atoms with E-state index >= 15 is 0 Å². The van der Waals surface area contributed by atoms with Crippen LogP contribution in [0.2, 0.25) is 0 Å². The van der Waals surface area contributed by atoms with E-state index < -0.39 is 0 Å². The minimum Gasteiger partial charge on any atom is -0.456 e. The molecule has 104 valence electrons. The predicted molar refractivity (Wildman–Crippen MR) is 70.3 cm³/mol. The van der Waals surface area contributed by atoms with Crippen LogP contribution in [0.1, 0.15) is 60.3 Å². The van der Waals surface area contributed by atoms with Crippen LogP contribution < -0.4 is 0 Å². The van der Waals surface area contributed by atoms with Crippen molar-refractivity contribution in [1.29, 1.82) is 0 Å². The summed E-state index contributed by atoms with van der Waals surface area (Å²) in [5.74, 6) is -0.00252. The summed E-state index contributed by atoms with van der Waals surface area (Å²) < 4.78 is 11.4. The second-order valence-corrected chi connectivity index (χ2v) is 7.27. The highest BCUT2D eigenvalue weighted by Gasteiger charge is 2.60. The predicted octanol–water partition coefficient (Wildman–Crippen LogP) is 3.31. The van der Waals surface area contributed by atoms with Crippen molar-refractivity contribution >= 4 is 5.97 Å². The van der Waals surface area contributed by atoms with E-state index in [4.69, 9.17) is 9.47 Å². The van der Waals surface area contributed by atoms with Crippen molar-refractivity contribution in [3.63, 3.8) is 0 Å². The number of esters is 1. The summed E-state index contributed by atoms with van der Waals surface area (Å²) in [5.41, 5.74) is -0.512. The lowest BCUT2D eigenvalue weighted by atomic mass is 9.68. The maximum absolute atomic E-state index is 12.4. The summed E-state index contributed by atoms with van der Waals surface area (Å²) in [6.45, 7) is 11.4. The Morgan fingerprint density at radius 3 is 2.50 bits per heavy atom. The molecule has 0 aromatic heterocycles. The molecule has 3 atom stereocenters. The van der Waals surface area contributed by atoms with Crippen LogP contribution >= 0.6 is 0 Å². The zero-order chi connectivity index (χ0) is 13.6. The third-order valence-electron chi connectivity index (χ3n) is 4.55. The average Bonchev–Trinajstić information content (AvgIpc) is 2.69. The van der Waals surface area contributed by atoms with Crippen LogP contribution in [0.3, 0.4) is 0 Å². The van der Waals surface area contributed by atoms with Gasteiger partial charge in [0.25, 0.3) is 0 Å². The molecule has 0 amide bonds. The normalized spacial score (nSPS) is 40.5. The van der Waals surface area contributed by atoms with Gasteiger partial charge < -0.3 is 9.47 Å². The Bertz CT molecular complexity index is 344. The van der Waals surface area contributed by atoms with Gasteiger partial charge in [0.1, 0.15) is 5.60 Å². The zero-order valence-corrected chi connectivity index (χ0v) is 12.3.